The van der Waals surface area contributed by atoms with Crippen molar-refractivity contribution in [3.63, 3.8) is 0 Å². The maximum absolute atomic E-state index is 12.5. The van der Waals surface area contributed by atoms with Gasteiger partial charge in [-0.3, -0.25) is 4.79 Å². The van der Waals surface area contributed by atoms with Crippen molar-refractivity contribution in [1.82, 2.24) is 0 Å². The number of ketones is 1. The summed E-state index contributed by atoms with van der Waals surface area (Å²) in [4.78, 5) is 12.5. The van der Waals surface area contributed by atoms with Crippen molar-refractivity contribution in [3.05, 3.63) is 84.5 Å². The second-order valence-corrected chi connectivity index (χ2v) is 9.14. The Morgan fingerprint density at radius 3 is 2.47 bits per heavy atom. The molecule has 4 rings (SSSR count). The topological polar surface area (TPSA) is 63.2 Å². The highest BCUT2D eigenvalue weighted by atomic mass is 16.7. The largest absolute Gasteiger partial charge is 0.488 e. The molecule has 6 nitrogen and oxygen atoms in total. The molecule has 2 aliphatic rings. The van der Waals surface area contributed by atoms with Crippen molar-refractivity contribution < 1.29 is 28.5 Å². The first-order valence-electron chi connectivity index (χ1n) is 12.1. The van der Waals surface area contributed by atoms with E-state index in [4.69, 9.17) is 23.7 Å². The molecule has 1 aliphatic heterocycles. The zero-order valence-corrected chi connectivity index (χ0v) is 21.3. The van der Waals surface area contributed by atoms with Crippen LogP contribution in [0.1, 0.15) is 29.5 Å². The number of rotatable bonds is 12. The van der Waals surface area contributed by atoms with Gasteiger partial charge in [0.25, 0.3) is 0 Å². The zero-order chi connectivity index (χ0) is 25.7. The molecular weight excluding hydrogens is 456 g/mol. The number of hydrogen-bond donors (Lipinski definition) is 0. The van der Waals surface area contributed by atoms with Crippen LogP contribution in [0.25, 0.3) is 11.1 Å². The van der Waals surface area contributed by atoms with E-state index in [0.717, 1.165) is 40.0 Å². The van der Waals surface area contributed by atoms with E-state index in [1.807, 2.05) is 30.4 Å². The molecule has 2 aromatic carbocycles. The lowest BCUT2D eigenvalue weighted by Crippen LogP contribution is -2.43. The fourth-order valence-electron chi connectivity index (χ4n) is 5.16. The van der Waals surface area contributed by atoms with Gasteiger partial charge >= 0.3 is 0 Å². The highest BCUT2D eigenvalue weighted by Crippen LogP contribution is 2.54. The summed E-state index contributed by atoms with van der Waals surface area (Å²) < 4.78 is 29.0. The van der Waals surface area contributed by atoms with Crippen LogP contribution < -0.4 is 9.47 Å². The number of hydrogen-bond acceptors (Lipinski definition) is 6. The van der Waals surface area contributed by atoms with Gasteiger partial charge in [0, 0.05) is 50.9 Å². The second kappa shape index (κ2) is 11.2. The average molecular weight is 491 g/mol. The zero-order valence-electron chi connectivity index (χ0n) is 21.3. The molecule has 0 unspecified atom stereocenters. The molecule has 0 radical (unpaired) electrons. The number of ether oxygens (including phenoxy) is 5. The minimum Gasteiger partial charge on any atom is -0.488 e. The summed E-state index contributed by atoms with van der Waals surface area (Å²) in [7, 11) is 4.84. The van der Waals surface area contributed by atoms with Crippen molar-refractivity contribution in [1.29, 1.82) is 0 Å². The molecule has 0 bridgehead atoms. The molecule has 190 valence electrons. The minimum absolute atomic E-state index is 0.0415. The van der Waals surface area contributed by atoms with Gasteiger partial charge in [-0.25, -0.2) is 0 Å². The fraction of sp³-hybridized carbons (Fsp3) is 0.367. The highest BCUT2D eigenvalue weighted by molar-refractivity contribution is 5.93. The third-order valence-corrected chi connectivity index (χ3v) is 6.89. The Hall–Kier alpha value is -3.19. The van der Waals surface area contributed by atoms with Crippen LogP contribution in [0.2, 0.25) is 0 Å². The van der Waals surface area contributed by atoms with Crippen molar-refractivity contribution >= 4 is 5.78 Å². The number of carbonyl (C=O) groups is 1. The fourth-order valence-corrected chi connectivity index (χ4v) is 5.16. The summed E-state index contributed by atoms with van der Waals surface area (Å²) in [6.07, 6.45) is 8.77. The molecule has 0 saturated carbocycles. The smallest absolute Gasteiger partial charge is 0.188 e. The number of allylic oxidation sites excluding steroid dienone is 3. The van der Waals surface area contributed by atoms with Gasteiger partial charge in [-0.2, -0.15) is 0 Å². The van der Waals surface area contributed by atoms with Crippen LogP contribution in [-0.4, -0.2) is 46.3 Å². The third kappa shape index (κ3) is 4.89. The van der Waals surface area contributed by atoms with Crippen LogP contribution in [-0.2, 0) is 37.3 Å². The first-order valence-corrected chi connectivity index (χ1v) is 12.1. The molecule has 0 amide bonds. The van der Waals surface area contributed by atoms with E-state index >= 15 is 0 Å². The van der Waals surface area contributed by atoms with E-state index < -0.39 is 11.7 Å². The summed E-state index contributed by atoms with van der Waals surface area (Å²) in [5.41, 5.74) is 4.43. The number of carbonyl (C=O) groups excluding carboxylic acids is 1. The van der Waals surface area contributed by atoms with Crippen molar-refractivity contribution in [2.75, 3.05) is 28.1 Å². The molecule has 0 aromatic heterocycles. The van der Waals surface area contributed by atoms with Crippen LogP contribution in [0.3, 0.4) is 0 Å². The first kappa shape index (κ1) is 25.9. The average Bonchev–Trinajstić information content (AvgIpc) is 3.19. The highest BCUT2D eigenvalue weighted by Gasteiger charge is 2.52. The third-order valence-electron chi connectivity index (χ3n) is 6.89. The summed E-state index contributed by atoms with van der Waals surface area (Å²) in [6, 6.07) is 10.4. The Bertz CT molecular complexity index is 1160. The summed E-state index contributed by atoms with van der Waals surface area (Å²) in [6.45, 7) is 7.96. The predicted molar refractivity (Wildman–Crippen MR) is 139 cm³/mol. The van der Waals surface area contributed by atoms with E-state index in [-0.39, 0.29) is 25.1 Å². The van der Waals surface area contributed by atoms with Gasteiger partial charge in [-0.15, -0.1) is 13.2 Å². The lowest BCUT2D eigenvalue weighted by atomic mass is 9.69. The molecule has 36 heavy (non-hydrogen) atoms. The van der Waals surface area contributed by atoms with Crippen LogP contribution in [0.5, 0.6) is 11.5 Å². The number of methoxy groups -OCH3 is 3. The van der Waals surface area contributed by atoms with Crippen molar-refractivity contribution in [3.8, 4) is 22.6 Å². The molecule has 0 N–H and O–H groups in total. The molecule has 0 fully saturated rings. The predicted octanol–water partition coefficient (Wildman–Crippen LogP) is 5.33. The van der Waals surface area contributed by atoms with Gasteiger partial charge in [-0.1, -0.05) is 30.4 Å². The summed E-state index contributed by atoms with van der Waals surface area (Å²) in [5, 5.41) is 0. The Kier molecular flexibility index (Phi) is 8.09. The van der Waals surface area contributed by atoms with Crippen molar-refractivity contribution in [2.45, 2.75) is 43.5 Å². The van der Waals surface area contributed by atoms with E-state index in [9.17, 15) is 4.79 Å². The van der Waals surface area contributed by atoms with Gasteiger partial charge in [0.05, 0.1) is 5.41 Å². The lowest BCUT2D eigenvalue weighted by molar-refractivity contribution is -0.125. The molecule has 1 heterocycles. The van der Waals surface area contributed by atoms with Gasteiger partial charge in [0.1, 0.15) is 17.6 Å². The van der Waals surface area contributed by atoms with Gasteiger partial charge < -0.3 is 23.7 Å². The maximum atomic E-state index is 12.5. The van der Waals surface area contributed by atoms with Crippen LogP contribution >= 0.6 is 0 Å². The lowest BCUT2D eigenvalue weighted by Gasteiger charge is -2.35. The standard InChI is InChI=1S/C30H34O6/c1-6-8-20-10-11-26(35-19-32-3)23(14-20)24-15-21(9-7-2)16-25-29(24)36-27-17-22(31)12-13-30(25,27)18-28(33-4)34-5/h6-7,10-16,27-28H,1-2,8-9,17-19H2,3-5H3/t27-,30+/m0/s1. The quantitative estimate of drug-likeness (QED) is 0.296. The van der Waals surface area contributed by atoms with Gasteiger partial charge in [0.15, 0.2) is 18.9 Å². The SMILES string of the molecule is C=CCc1ccc(OCOC)c(-c2cc(CC=C)cc3c2O[C@H]2CC(=O)C=C[C@@]32CC(OC)OC)c1. The van der Waals surface area contributed by atoms with E-state index in [1.165, 1.54) is 0 Å². The molecule has 6 heteroatoms. The second-order valence-electron chi connectivity index (χ2n) is 9.14. The minimum atomic E-state index is -0.571. The van der Waals surface area contributed by atoms with Crippen LogP contribution in [0.4, 0.5) is 0 Å². The summed E-state index contributed by atoms with van der Waals surface area (Å²) >= 11 is 0. The Morgan fingerprint density at radius 1 is 1.06 bits per heavy atom. The molecule has 2 aromatic rings. The first-order chi connectivity index (χ1) is 17.5. The Balaban J connectivity index is 1.96. The summed E-state index contributed by atoms with van der Waals surface area (Å²) in [5.74, 6) is 1.48. The Labute approximate surface area is 213 Å². The number of fused-ring (bicyclic) bond motifs is 3. The Morgan fingerprint density at radius 2 is 1.78 bits per heavy atom. The van der Waals surface area contributed by atoms with Crippen LogP contribution in [0.15, 0.2) is 67.8 Å². The maximum Gasteiger partial charge on any atom is 0.188 e. The van der Waals surface area contributed by atoms with Gasteiger partial charge in [0.2, 0.25) is 0 Å². The molecule has 1 aliphatic carbocycles. The molecule has 2 atom stereocenters. The van der Waals surface area contributed by atoms with E-state index in [2.05, 4.69) is 31.4 Å². The number of benzene rings is 2. The monoisotopic (exact) mass is 490 g/mol. The normalized spacial score (nSPS) is 20.1. The molecule has 0 spiro atoms. The van der Waals surface area contributed by atoms with E-state index in [1.54, 1.807) is 27.4 Å². The van der Waals surface area contributed by atoms with Crippen molar-refractivity contribution in [2.24, 2.45) is 0 Å². The molecule has 0 saturated heterocycles. The van der Waals surface area contributed by atoms with Crippen LogP contribution in [0, 0.1) is 0 Å². The van der Waals surface area contributed by atoms with E-state index in [0.29, 0.717) is 18.6 Å². The van der Waals surface area contributed by atoms with Gasteiger partial charge in [-0.05, 0) is 48.2 Å². The molecular formula is C30H34O6.